The highest BCUT2D eigenvalue weighted by atomic mass is 32.1. The first-order chi connectivity index (χ1) is 21.0. The van der Waals surface area contributed by atoms with Crippen molar-refractivity contribution in [1.82, 2.24) is 4.90 Å². The Kier molecular flexibility index (Phi) is 10.1. The molecule has 1 N–H and O–H groups in total. The van der Waals surface area contributed by atoms with Gasteiger partial charge in [-0.05, 0) is 85.7 Å². The lowest BCUT2D eigenvalue weighted by Gasteiger charge is -2.24. The van der Waals surface area contributed by atoms with Crippen LogP contribution in [-0.4, -0.2) is 61.2 Å². The van der Waals surface area contributed by atoms with Gasteiger partial charge in [0.2, 0.25) is 5.91 Å². The lowest BCUT2D eigenvalue weighted by Crippen LogP contribution is -2.39. The third kappa shape index (κ3) is 7.28. The van der Waals surface area contributed by atoms with E-state index in [4.69, 9.17) is 26.4 Å². The van der Waals surface area contributed by atoms with Gasteiger partial charge < -0.3 is 24.4 Å². The molecule has 1 heterocycles. The van der Waals surface area contributed by atoms with Gasteiger partial charge in [-0.3, -0.25) is 14.5 Å². The van der Waals surface area contributed by atoms with E-state index in [1.165, 1.54) is 55.5 Å². The molecule has 4 rings (SSSR count). The number of anilines is 2. The number of benzene rings is 3. The summed E-state index contributed by atoms with van der Waals surface area (Å²) >= 11 is 5.61. The van der Waals surface area contributed by atoms with Crippen molar-refractivity contribution in [3.63, 3.8) is 0 Å². The molecular weight excluding hydrogens is 599 g/mol. The van der Waals surface area contributed by atoms with Crippen molar-refractivity contribution in [2.24, 2.45) is 0 Å². The summed E-state index contributed by atoms with van der Waals surface area (Å²) in [6, 6.07) is 14.6. The third-order valence-electron chi connectivity index (χ3n) is 6.90. The molecule has 0 bridgehead atoms. The number of amides is 2. The molecule has 0 saturated carbocycles. The Morgan fingerprint density at radius 2 is 1.68 bits per heavy atom. The van der Waals surface area contributed by atoms with Crippen LogP contribution in [0.5, 0.6) is 11.5 Å². The summed E-state index contributed by atoms with van der Waals surface area (Å²) in [5.74, 6) is -0.633. The SMILES string of the molecule is CCOC(=O)c1ccc(NC(=O)C[C@H]2C(=O)N(c3cccc(C(F)(F)F)c3)C(=S)N2CCc2ccc(OC)c(OC)c2)cc1. The van der Waals surface area contributed by atoms with Crippen molar-refractivity contribution in [2.75, 3.05) is 37.6 Å². The van der Waals surface area contributed by atoms with Crippen LogP contribution in [0.25, 0.3) is 0 Å². The van der Waals surface area contributed by atoms with Crippen LogP contribution < -0.4 is 19.7 Å². The highest BCUT2D eigenvalue weighted by Crippen LogP contribution is 2.34. The first-order valence-electron chi connectivity index (χ1n) is 13.6. The van der Waals surface area contributed by atoms with Crippen LogP contribution >= 0.6 is 12.2 Å². The molecule has 1 fully saturated rings. The molecule has 1 saturated heterocycles. The Hall–Kier alpha value is -4.65. The van der Waals surface area contributed by atoms with E-state index < -0.39 is 35.6 Å². The number of hydrogen-bond donors (Lipinski definition) is 1. The number of hydrogen-bond acceptors (Lipinski definition) is 7. The second-order valence-corrected chi connectivity index (χ2v) is 10.1. The molecule has 1 aliphatic rings. The van der Waals surface area contributed by atoms with Crippen molar-refractivity contribution in [3.8, 4) is 11.5 Å². The summed E-state index contributed by atoms with van der Waals surface area (Å²) in [6.45, 7) is 2.09. The molecule has 0 aromatic heterocycles. The number of rotatable bonds is 11. The van der Waals surface area contributed by atoms with Crippen LogP contribution in [0.1, 0.15) is 34.8 Å². The first kappa shape index (κ1) is 32.3. The van der Waals surface area contributed by atoms with Gasteiger partial charge in [0.1, 0.15) is 6.04 Å². The molecular formula is C31H30F3N3O6S. The molecule has 232 valence electrons. The van der Waals surface area contributed by atoms with Gasteiger partial charge in [0.25, 0.3) is 5.91 Å². The fourth-order valence-corrected chi connectivity index (χ4v) is 5.14. The molecule has 0 radical (unpaired) electrons. The number of thiocarbonyl (C=S) groups is 1. The molecule has 44 heavy (non-hydrogen) atoms. The van der Waals surface area contributed by atoms with Gasteiger partial charge in [-0.25, -0.2) is 4.79 Å². The predicted octanol–water partition coefficient (Wildman–Crippen LogP) is 5.47. The molecule has 0 aliphatic carbocycles. The minimum Gasteiger partial charge on any atom is -0.493 e. The number of nitrogens with one attached hydrogen (secondary N) is 1. The minimum absolute atomic E-state index is 0.0219. The molecule has 1 atom stereocenters. The second-order valence-electron chi connectivity index (χ2n) is 9.70. The second kappa shape index (κ2) is 13.8. The van der Waals surface area contributed by atoms with Crippen LogP contribution in [0.2, 0.25) is 0 Å². The van der Waals surface area contributed by atoms with E-state index in [2.05, 4.69) is 5.32 Å². The highest BCUT2D eigenvalue weighted by Gasteiger charge is 2.44. The lowest BCUT2D eigenvalue weighted by atomic mass is 10.1. The van der Waals surface area contributed by atoms with Gasteiger partial charge in [-0.2, -0.15) is 13.2 Å². The summed E-state index contributed by atoms with van der Waals surface area (Å²) in [5, 5.41) is 2.68. The Bertz CT molecular complexity index is 1550. The quantitative estimate of drug-likeness (QED) is 0.220. The summed E-state index contributed by atoms with van der Waals surface area (Å²) in [7, 11) is 3.01. The summed E-state index contributed by atoms with van der Waals surface area (Å²) < 4.78 is 56.0. The van der Waals surface area contributed by atoms with Crippen LogP contribution in [-0.2, 0) is 26.9 Å². The van der Waals surface area contributed by atoms with Gasteiger partial charge in [0.05, 0.1) is 44.1 Å². The van der Waals surface area contributed by atoms with E-state index in [0.717, 1.165) is 22.6 Å². The maximum atomic E-state index is 13.7. The van der Waals surface area contributed by atoms with Gasteiger partial charge in [0.15, 0.2) is 16.6 Å². The average molecular weight is 630 g/mol. The smallest absolute Gasteiger partial charge is 0.416 e. The lowest BCUT2D eigenvalue weighted by molar-refractivity contribution is -0.137. The predicted molar refractivity (Wildman–Crippen MR) is 161 cm³/mol. The first-order valence-corrected chi connectivity index (χ1v) is 14.0. The molecule has 0 unspecified atom stereocenters. The average Bonchev–Trinajstić information content (AvgIpc) is 3.23. The van der Waals surface area contributed by atoms with E-state index in [1.54, 1.807) is 19.1 Å². The zero-order chi connectivity index (χ0) is 32.0. The Morgan fingerprint density at radius 3 is 2.32 bits per heavy atom. The Labute approximate surface area is 257 Å². The fraction of sp³-hybridized carbons (Fsp3) is 0.290. The molecule has 2 amide bonds. The van der Waals surface area contributed by atoms with Crippen molar-refractivity contribution in [3.05, 3.63) is 83.4 Å². The molecule has 1 aliphatic heterocycles. The Balaban J connectivity index is 1.58. The van der Waals surface area contributed by atoms with Crippen LogP contribution in [0, 0.1) is 0 Å². The van der Waals surface area contributed by atoms with Gasteiger partial charge >= 0.3 is 12.1 Å². The zero-order valence-electron chi connectivity index (χ0n) is 24.1. The van der Waals surface area contributed by atoms with Gasteiger partial charge in [0, 0.05) is 12.2 Å². The monoisotopic (exact) mass is 629 g/mol. The van der Waals surface area contributed by atoms with Crippen molar-refractivity contribution in [1.29, 1.82) is 0 Å². The number of halogens is 3. The van der Waals surface area contributed by atoms with Crippen molar-refractivity contribution in [2.45, 2.75) is 32.0 Å². The molecule has 0 spiro atoms. The highest BCUT2D eigenvalue weighted by molar-refractivity contribution is 7.80. The number of carbonyl (C=O) groups excluding carboxylic acids is 3. The van der Waals surface area contributed by atoms with E-state index in [0.29, 0.717) is 29.2 Å². The zero-order valence-corrected chi connectivity index (χ0v) is 25.0. The molecule has 9 nitrogen and oxygen atoms in total. The van der Waals surface area contributed by atoms with Crippen LogP contribution in [0.4, 0.5) is 24.5 Å². The summed E-state index contributed by atoms with van der Waals surface area (Å²) in [6.07, 6.45) is -4.59. The number of nitrogens with zero attached hydrogens (tertiary/aromatic N) is 2. The number of ether oxygens (including phenoxy) is 3. The minimum atomic E-state index is -4.63. The number of methoxy groups -OCH3 is 2. The van der Waals surface area contributed by atoms with E-state index >= 15 is 0 Å². The van der Waals surface area contributed by atoms with E-state index in [9.17, 15) is 27.6 Å². The largest absolute Gasteiger partial charge is 0.493 e. The normalized spacial score (nSPS) is 14.9. The Morgan fingerprint density at radius 1 is 0.977 bits per heavy atom. The van der Waals surface area contributed by atoms with E-state index in [-0.39, 0.29) is 30.4 Å². The number of esters is 1. The van der Waals surface area contributed by atoms with Gasteiger partial charge in [-0.1, -0.05) is 12.1 Å². The number of carbonyl (C=O) groups is 3. The summed E-state index contributed by atoms with van der Waals surface area (Å²) in [5.41, 5.74) is 0.514. The van der Waals surface area contributed by atoms with Crippen LogP contribution in [0.3, 0.4) is 0 Å². The maximum absolute atomic E-state index is 13.7. The van der Waals surface area contributed by atoms with E-state index in [1.807, 2.05) is 6.07 Å². The standard InChI is InChI=1S/C31H30F3N3O6S/c1-4-43-29(40)20-9-11-22(12-10-20)35-27(38)18-24-28(39)37(23-7-5-6-21(17-23)31(32,33)34)30(44)36(24)15-14-19-8-13-25(41-2)26(16-19)42-3/h5-13,16-17,24H,4,14-15,18H2,1-3H3,(H,35,38)/t24-/m0/s1. The molecule has 3 aromatic rings. The van der Waals surface area contributed by atoms with Crippen molar-refractivity contribution < 1.29 is 41.8 Å². The third-order valence-corrected chi connectivity index (χ3v) is 7.32. The fourth-order valence-electron chi connectivity index (χ4n) is 4.72. The van der Waals surface area contributed by atoms with Gasteiger partial charge in [-0.15, -0.1) is 0 Å². The summed E-state index contributed by atoms with van der Waals surface area (Å²) in [4.78, 5) is 41.3. The van der Waals surface area contributed by atoms with Crippen LogP contribution in [0.15, 0.2) is 66.7 Å². The number of alkyl halides is 3. The maximum Gasteiger partial charge on any atom is 0.416 e. The molecule has 13 heteroatoms. The van der Waals surface area contributed by atoms with Crippen molar-refractivity contribution >= 4 is 46.5 Å². The topological polar surface area (TPSA) is 97.4 Å². The molecule has 3 aromatic carbocycles.